The summed E-state index contributed by atoms with van der Waals surface area (Å²) in [5, 5.41) is 0. The summed E-state index contributed by atoms with van der Waals surface area (Å²) >= 11 is 0. The molecule has 2 aromatic carbocycles. The molecule has 138 valence electrons. The number of anilines is 1. The van der Waals surface area contributed by atoms with Crippen molar-refractivity contribution >= 4 is 11.6 Å². The molecule has 0 atom stereocenters. The van der Waals surface area contributed by atoms with Crippen LogP contribution in [0.25, 0.3) is 0 Å². The van der Waals surface area contributed by atoms with Crippen LogP contribution in [-0.4, -0.2) is 50.6 Å². The number of benzene rings is 2. The summed E-state index contributed by atoms with van der Waals surface area (Å²) in [6.07, 6.45) is 0. The van der Waals surface area contributed by atoms with Crippen LogP contribution in [-0.2, 0) is 11.3 Å². The number of aryl methyl sites for hydroxylation is 1. The van der Waals surface area contributed by atoms with Crippen molar-refractivity contribution in [3.05, 3.63) is 65.5 Å². The van der Waals surface area contributed by atoms with E-state index in [0.29, 0.717) is 18.7 Å². The van der Waals surface area contributed by atoms with E-state index in [1.165, 1.54) is 22.2 Å². The van der Waals surface area contributed by atoms with Crippen LogP contribution in [0.2, 0.25) is 0 Å². The van der Waals surface area contributed by atoms with Crippen LogP contribution in [0, 0.1) is 12.7 Å². The second kappa shape index (κ2) is 8.32. The summed E-state index contributed by atoms with van der Waals surface area (Å²) in [6.45, 7) is 6.69. The molecule has 0 spiro atoms. The number of hydrogen-bond acceptors (Lipinski definition) is 2. The second-order valence-electron chi connectivity index (χ2n) is 7.04. The average molecular weight is 356 g/mol. The molecular weight excluding hydrogens is 329 g/mol. The monoisotopic (exact) mass is 356 g/mol. The van der Waals surface area contributed by atoms with Crippen molar-refractivity contribution in [3.63, 3.8) is 0 Å². The maximum atomic E-state index is 13.8. The van der Waals surface area contributed by atoms with E-state index in [4.69, 9.17) is 0 Å². The zero-order valence-electron chi connectivity index (χ0n) is 15.5. The van der Waals surface area contributed by atoms with Crippen molar-refractivity contribution in [1.82, 2.24) is 4.90 Å². The van der Waals surface area contributed by atoms with E-state index in [9.17, 15) is 9.18 Å². The first kappa shape index (κ1) is 18.4. The standard InChI is InChI=1S/C21H26FN3O/c1-17-7-3-6-10-20(17)25-13-11-24(12-14-25)16-21(26)23(2)15-18-8-4-5-9-19(18)22/h3-10H,11-16H2,1-2H3/p+1. The predicted octanol–water partition coefficient (Wildman–Crippen LogP) is 1.50. The Kier molecular flexibility index (Phi) is 5.89. The van der Waals surface area contributed by atoms with Gasteiger partial charge in [0, 0.05) is 24.8 Å². The van der Waals surface area contributed by atoms with Gasteiger partial charge in [0.15, 0.2) is 6.54 Å². The Morgan fingerprint density at radius 3 is 2.46 bits per heavy atom. The zero-order chi connectivity index (χ0) is 18.5. The molecule has 1 aliphatic rings. The minimum Gasteiger partial charge on any atom is -0.360 e. The highest BCUT2D eigenvalue weighted by molar-refractivity contribution is 5.76. The fourth-order valence-electron chi connectivity index (χ4n) is 3.48. The van der Waals surface area contributed by atoms with Crippen molar-refractivity contribution < 1.29 is 14.1 Å². The van der Waals surface area contributed by atoms with Crippen LogP contribution in [0.5, 0.6) is 0 Å². The highest BCUT2D eigenvalue weighted by Crippen LogP contribution is 2.18. The SMILES string of the molecule is Cc1ccccc1N1CC[NH+](CC(=O)N(C)Cc2ccccc2F)CC1. The summed E-state index contributed by atoms with van der Waals surface area (Å²) in [5.74, 6) is -0.195. The van der Waals surface area contributed by atoms with Gasteiger partial charge in [-0.2, -0.15) is 0 Å². The maximum Gasteiger partial charge on any atom is 0.277 e. The molecular formula is C21H27FN3O+. The van der Waals surface area contributed by atoms with E-state index in [1.807, 2.05) is 0 Å². The number of piperazine rings is 1. The quantitative estimate of drug-likeness (QED) is 0.879. The number of rotatable bonds is 5. The third-order valence-corrected chi connectivity index (χ3v) is 5.12. The molecule has 0 bridgehead atoms. The number of nitrogens with one attached hydrogen (secondary N) is 1. The molecule has 1 aliphatic heterocycles. The largest absolute Gasteiger partial charge is 0.360 e. The molecule has 2 aromatic rings. The molecule has 1 heterocycles. The Morgan fingerprint density at radius 2 is 1.77 bits per heavy atom. The van der Waals surface area contributed by atoms with E-state index in [-0.39, 0.29) is 11.7 Å². The molecule has 1 saturated heterocycles. The Morgan fingerprint density at radius 1 is 1.12 bits per heavy atom. The molecule has 1 N–H and O–H groups in total. The second-order valence-corrected chi connectivity index (χ2v) is 7.04. The highest BCUT2D eigenvalue weighted by Gasteiger charge is 2.24. The van der Waals surface area contributed by atoms with Gasteiger partial charge in [0.2, 0.25) is 0 Å². The molecule has 0 aromatic heterocycles. The third-order valence-electron chi connectivity index (χ3n) is 5.12. The van der Waals surface area contributed by atoms with Crippen molar-refractivity contribution in [3.8, 4) is 0 Å². The van der Waals surface area contributed by atoms with Crippen molar-refractivity contribution in [1.29, 1.82) is 0 Å². The Hall–Kier alpha value is -2.40. The van der Waals surface area contributed by atoms with Gasteiger partial charge in [-0.15, -0.1) is 0 Å². The summed E-state index contributed by atoms with van der Waals surface area (Å²) in [7, 11) is 1.75. The molecule has 1 amide bonds. The summed E-state index contributed by atoms with van der Waals surface area (Å²) in [5.41, 5.74) is 3.13. The number of likely N-dealkylation sites (N-methyl/N-ethyl adjacent to an activating group) is 1. The molecule has 0 aliphatic carbocycles. The topological polar surface area (TPSA) is 28.0 Å². The lowest BCUT2D eigenvalue weighted by Gasteiger charge is -2.34. The van der Waals surface area contributed by atoms with E-state index in [1.54, 1.807) is 30.1 Å². The Bertz CT molecular complexity index is 756. The predicted molar refractivity (Wildman–Crippen MR) is 102 cm³/mol. The molecule has 1 fully saturated rings. The van der Waals surface area contributed by atoms with Gasteiger partial charge in [-0.25, -0.2) is 4.39 Å². The zero-order valence-corrected chi connectivity index (χ0v) is 15.5. The van der Waals surface area contributed by atoms with Crippen LogP contribution in [0.4, 0.5) is 10.1 Å². The van der Waals surface area contributed by atoms with Gasteiger partial charge < -0.3 is 14.7 Å². The minimum atomic E-state index is -0.258. The maximum absolute atomic E-state index is 13.8. The molecule has 0 radical (unpaired) electrons. The average Bonchev–Trinajstić information content (AvgIpc) is 2.65. The van der Waals surface area contributed by atoms with E-state index in [2.05, 4.69) is 36.1 Å². The van der Waals surface area contributed by atoms with Gasteiger partial charge >= 0.3 is 0 Å². The number of para-hydroxylation sites is 1. The van der Waals surface area contributed by atoms with Gasteiger partial charge in [0.25, 0.3) is 5.91 Å². The van der Waals surface area contributed by atoms with Gasteiger partial charge in [-0.1, -0.05) is 36.4 Å². The number of nitrogens with zero attached hydrogens (tertiary/aromatic N) is 2. The van der Waals surface area contributed by atoms with Crippen molar-refractivity contribution in [2.75, 3.05) is 44.7 Å². The smallest absolute Gasteiger partial charge is 0.277 e. The highest BCUT2D eigenvalue weighted by atomic mass is 19.1. The Labute approximate surface area is 154 Å². The van der Waals surface area contributed by atoms with E-state index in [0.717, 1.165) is 26.2 Å². The first-order chi connectivity index (χ1) is 12.5. The van der Waals surface area contributed by atoms with Crippen molar-refractivity contribution in [2.45, 2.75) is 13.5 Å². The third kappa shape index (κ3) is 4.41. The number of carbonyl (C=O) groups excluding carboxylic acids is 1. The van der Waals surface area contributed by atoms with Crippen LogP contribution < -0.4 is 9.80 Å². The van der Waals surface area contributed by atoms with Crippen LogP contribution in [0.1, 0.15) is 11.1 Å². The summed E-state index contributed by atoms with van der Waals surface area (Å²) < 4.78 is 13.8. The minimum absolute atomic E-state index is 0.0626. The molecule has 3 rings (SSSR count). The van der Waals surface area contributed by atoms with Crippen LogP contribution >= 0.6 is 0 Å². The fourth-order valence-corrected chi connectivity index (χ4v) is 3.48. The molecule has 0 saturated carbocycles. The summed E-state index contributed by atoms with van der Waals surface area (Å²) in [6, 6.07) is 15.1. The molecule has 5 heteroatoms. The van der Waals surface area contributed by atoms with Crippen LogP contribution in [0.15, 0.2) is 48.5 Å². The van der Waals surface area contributed by atoms with Gasteiger partial charge in [0.05, 0.1) is 26.2 Å². The Balaban J connectivity index is 1.50. The lowest BCUT2D eigenvalue weighted by atomic mass is 10.1. The lowest BCUT2D eigenvalue weighted by molar-refractivity contribution is -0.892. The fraction of sp³-hybridized carbons (Fsp3) is 0.381. The normalized spacial score (nSPS) is 15.1. The number of carbonyl (C=O) groups is 1. The van der Waals surface area contributed by atoms with E-state index < -0.39 is 0 Å². The summed E-state index contributed by atoms with van der Waals surface area (Å²) in [4.78, 5) is 17.8. The number of quaternary nitrogens is 1. The first-order valence-electron chi connectivity index (χ1n) is 9.16. The van der Waals surface area contributed by atoms with E-state index >= 15 is 0 Å². The molecule has 4 nitrogen and oxygen atoms in total. The number of halogens is 1. The van der Waals surface area contributed by atoms with Crippen LogP contribution in [0.3, 0.4) is 0 Å². The number of hydrogen-bond donors (Lipinski definition) is 1. The molecule has 26 heavy (non-hydrogen) atoms. The van der Waals surface area contributed by atoms with Gasteiger partial charge in [-0.3, -0.25) is 4.79 Å². The van der Waals surface area contributed by atoms with Gasteiger partial charge in [0.1, 0.15) is 5.82 Å². The van der Waals surface area contributed by atoms with Crippen molar-refractivity contribution in [2.24, 2.45) is 0 Å². The number of amides is 1. The first-order valence-corrected chi connectivity index (χ1v) is 9.16. The molecule has 0 unspecified atom stereocenters. The van der Waals surface area contributed by atoms with Gasteiger partial charge in [-0.05, 0) is 24.6 Å². The lowest BCUT2D eigenvalue weighted by Crippen LogP contribution is -3.15.